The van der Waals surface area contributed by atoms with E-state index in [1.807, 2.05) is 178 Å². The quantitative estimate of drug-likeness (QED) is 0.160. The number of rotatable bonds is 6. The van der Waals surface area contributed by atoms with Crippen LogP contribution in [0.15, 0.2) is 133 Å². The first-order chi connectivity index (χ1) is 25.6. The SMILES string of the molecule is CN(C)c1ccc(C2(c3ccc(N(C)c4ccc5c(c4)C4(OC(=O)c6ccccc64)c4ccc(N(C)C)cc4O5)cc3)OC(=O)c3ccccc32)cc1. The molecule has 0 amide bonds. The highest BCUT2D eigenvalue weighted by Gasteiger charge is 2.54. The van der Waals surface area contributed by atoms with Gasteiger partial charge < -0.3 is 28.9 Å². The molecule has 3 aliphatic rings. The number of ether oxygens (including phenoxy) is 3. The predicted molar refractivity (Wildman–Crippen MR) is 206 cm³/mol. The molecule has 0 saturated carbocycles. The molecule has 8 heteroatoms. The maximum Gasteiger partial charge on any atom is 0.340 e. The van der Waals surface area contributed by atoms with Crippen molar-refractivity contribution in [2.24, 2.45) is 0 Å². The van der Waals surface area contributed by atoms with Crippen LogP contribution < -0.4 is 19.4 Å². The third kappa shape index (κ3) is 4.68. The third-order valence-corrected chi connectivity index (χ3v) is 10.8. The van der Waals surface area contributed by atoms with Crippen LogP contribution in [0.5, 0.6) is 11.5 Å². The van der Waals surface area contributed by atoms with Gasteiger partial charge in [0.1, 0.15) is 11.5 Å². The van der Waals surface area contributed by atoms with Gasteiger partial charge >= 0.3 is 11.9 Å². The molecule has 9 rings (SSSR count). The van der Waals surface area contributed by atoms with E-state index in [0.717, 1.165) is 56.1 Å². The second-order valence-electron chi connectivity index (χ2n) is 14.1. The van der Waals surface area contributed by atoms with Crippen LogP contribution in [-0.2, 0) is 20.7 Å². The molecule has 0 fully saturated rings. The first-order valence-electron chi connectivity index (χ1n) is 17.5. The number of nitrogens with zero attached hydrogens (tertiary/aromatic N) is 3. The largest absolute Gasteiger partial charge is 0.456 e. The number of carbonyl (C=O) groups is 2. The summed E-state index contributed by atoms with van der Waals surface area (Å²) in [6, 6.07) is 43.4. The minimum atomic E-state index is -1.18. The molecule has 0 aliphatic carbocycles. The van der Waals surface area contributed by atoms with Crippen molar-refractivity contribution in [3.05, 3.63) is 178 Å². The topological polar surface area (TPSA) is 71.6 Å². The molecule has 1 spiro atoms. The van der Waals surface area contributed by atoms with Crippen LogP contribution in [-0.4, -0.2) is 47.2 Å². The van der Waals surface area contributed by atoms with Crippen LogP contribution in [0.3, 0.4) is 0 Å². The summed E-state index contributed by atoms with van der Waals surface area (Å²) < 4.78 is 19.3. The van der Waals surface area contributed by atoms with Gasteiger partial charge in [-0.15, -0.1) is 0 Å². The molecule has 2 atom stereocenters. The summed E-state index contributed by atoms with van der Waals surface area (Å²) in [5, 5.41) is 0. The Morgan fingerprint density at radius 3 is 1.55 bits per heavy atom. The molecule has 53 heavy (non-hydrogen) atoms. The first kappa shape index (κ1) is 32.4. The zero-order valence-electron chi connectivity index (χ0n) is 30.1. The first-order valence-corrected chi connectivity index (χ1v) is 17.5. The number of carbonyl (C=O) groups excluding carboxylic acids is 2. The summed E-state index contributed by atoms with van der Waals surface area (Å²) in [6.07, 6.45) is 0. The molecule has 0 bridgehead atoms. The Morgan fingerprint density at radius 1 is 0.434 bits per heavy atom. The molecular formula is C45H37N3O5. The highest BCUT2D eigenvalue weighted by atomic mass is 16.6. The lowest BCUT2D eigenvalue weighted by molar-refractivity contribution is 0.0221. The Bertz CT molecular complexity index is 2460. The molecule has 2 unspecified atom stereocenters. The minimum Gasteiger partial charge on any atom is -0.456 e. The summed E-state index contributed by atoms with van der Waals surface area (Å²) in [5.74, 6) is 0.543. The van der Waals surface area contributed by atoms with Gasteiger partial charge in [0.2, 0.25) is 0 Å². The van der Waals surface area contributed by atoms with Crippen molar-refractivity contribution in [3.63, 3.8) is 0 Å². The van der Waals surface area contributed by atoms with Gasteiger partial charge in [0.05, 0.1) is 11.1 Å². The number of anilines is 4. The van der Waals surface area contributed by atoms with E-state index in [4.69, 9.17) is 14.2 Å². The summed E-state index contributed by atoms with van der Waals surface area (Å²) in [6.45, 7) is 0. The van der Waals surface area contributed by atoms with Crippen molar-refractivity contribution in [3.8, 4) is 11.5 Å². The van der Waals surface area contributed by atoms with Crippen molar-refractivity contribution in [2.75, 3.05) is 49.9 Å². The zero-order valence-corrected chi connectivity index (χ0v) is 30.1. The Hall–Kier alpha value is -6.54. The second-order valence-corrected chi connectivity index (χ2v) is 14.1. The number of hydrogen-bond donors (Lipinski definition) is 0. The normalized spacial score (nSPS) is 19.0. The Labute approximate surface area is 308 Å². The smallest absolute Gasteiger partial charge is 0.340 e. The fraction of sp³-hybridized carbons (Fsp3) is 0.156. The molecule has 3 heterocycles. The maximum absolute atomic E-state index is 13.5. The van der Waals surface area contributed by atoms with E-state index in [9.17, 15) is 9.59 Å². The fourth-order valence-corrected chi connectivity index (χ4v) is 8.01. The lowest BCUT2D eigenvalue weighted by Gasteiger charge is -2.37. The second kappa shape index (κ2) is 11.7. The summed E-state index contributed by atoms with van der Waals surface area (Å²) in [7, 11) is 9.96. The molecule has 8 nitrogen and oxygen atoms in total. The van der Waals surface area contributed by atoms with Gasteiger partial charge in [0, 0.05) is 97.4 Å². The van der Waals surface area contributed by atoms with E-state index in [2.05, 4.69) is 4.90 Å². The lowest BCUT2D eigenvalue weighted by atomic mass is 9.77. The molecule has 262 valence electrons. The lowest BCUT2D eigenvalue weighted by Crippen LogP contribution is -2.33. The number of fused-ring (bicyclic) bond motifs is 7. The van der Waals surface area contributed by atoms with Crippen LogP contribution in [0, 0.1) is 0 Å². The van der Waals surface area contributed by atoms with Crippen molar-refractivity contribution >= 4 is 34.7 Å². The van der Waals surface area contributed by atoms with Crippen molar-refractivity contribution in [1.82, 2.24) is 0 Å². The van der Waals surface area contributed by atoms with Crippen molar-refractivity contribution in [2.45, 2.75) is 11.2 Å². The summed E-state index contributed by atoms with van der Waals surface area (Å²) in [4.78, 5) is 32.9. The molecule has 6 aromatic carbocycles. The van der Waals surface area contributed by atoms with Crippen LogP contribution in [0.25, 0.3) is 0 Å². The average molecular weight is 700 g/mol. The van der Waals surface area contributed by atoms with Gasteiger partial charge in [-0.1, -0.05) is 60.7 Å². The maximum atomic E-state index is 13.5. The number of hydrogen-bond acceptors (Lipinski definition) is 8. The van der Waals surface area contributed by atoms with E-state index in [-0.39, 0.29) is 11.9 Å². The van der Waals surface area contributed by atoms with Crippen molar-refractivity contribution in [1.29, 1.82) is 0 Å². The van der Waals surface area contributed by atoms with E-state index in [1.54, 1.807) is 0 Å². The van der Waals surface area contributed by atoms with Gasteiger partial charge in [0.25, 0.3) is 0 Å². The van der Waals surface area contributed by atoms with Crippen LogP contribution in [0.1, 0.15) is 54.1 Å². The highest BCUT2D eigenvalue weighted by molar-refractivity contribution is 5.98. The highest BCUT2D eigenvalue weighted by Crippen LogP contribution is 2.57. The summed E-state index contributed by atoms with van der Waals surface area (Å²) in [5.41, 5.74) is 7.44. The van der Waals surface area contributed by atoms with Crippen LogP contribution >= 0.6 is 0 Å². The summed E-state index contributed by atoms with van der Waals surface area (Å²) >= 11 is 0. The molecule has 6 aromatic rings. The van der Waals surface area contributed by atoms with Gasteiger partial charge in [-0.05, 0) is 66.7 Å². The molecule has 0 N–H and O–H groups in total. The van der Waals surface area contributed by atoms with Gasteiger partial charge in [-0.2, -0.15) is 0 Å². The molecule has 0 aromatic heterocycles. The van der Waals surface area contributed by atoms with Gasteiger partial charge in [-0.3, -0.25) is 0 Å². The number of esters is 2. The minimum absolute atomic E-state index is 0.350. The van der Waals surface area contributed by atoms with E-state index >= 15 is 0 Å². The molecule has 3 aliphatic heterocycles. The number of benzene rings is 6. The standard InChI is InChI=1S/C45H37N3O5/c1-46(2)30-18-14-28(15-19-30)44(36-12-8-6-10-34(36)42(49)52-44)29-16-20-31(21-17-29)48(5)33-23-25-40-39(26-33)45(37-13-9-7-11-35(37)43(50)53-45)38-24-22-32(47(3)4)27-41(38)51-40/h6-27H,1-5H3. The monoisotopic (exact) mass is 699 g/mol. The Kier molecular flexibility index (Phi) is 7.18. The zero-order chi connectivity index (χ0) is 36.6. The van der Waals surface area contributed by atoms with E-state index in [0.29, 0.717) is 22.6 Å². The predicted octanol–water partition coefficient (Wildman–Crippen LogP) is 8.62. The molecule has 0 saturated heterocycles. The Balaban J connectivity index is 1.13. The van der Waals surface area contributed by atoms with E-state index < -0.39 is 11.2 Å². The average Bonchev–Trinajstić information content (AvgIpc) is 3.66. The number of cyclic esters (lactones) is 1. The van der Waals surface area contributed by atoms with Crippen LogP contribution in [0.4, 0.5) is 22.7 Å². The molecular weight excluding hydrogens is 663 g/mol. The third-order valence-electron chi connectivity index (χ3n) is 10.8. The fourth-order valence-electron chi connectivity index (χ4n) is 8.01. The van der Waals surface area contributed by atoms with Crippen LogP contribution in [0.2, 0.25) is 0 Å². The van der Waals surface area contributed by atoms with Gasteiger partial charge in [-0.25, -0.2) is 9.59 Å². The van der Waals surface area contributed by atoms with Gasteiger partial charge in [0.15, 0.2) is 11.2 Å². The van der Waals surface area contributed by atoms with E-state index in [1.165, 1.54) is 0 Å². The Morgan fingerprint density at radius 2 is 0.943 bits per heavy atom. The van der Waals surface area contributed by atoms with Crippen molar-refractivity contribution < 1.29 is 23.8 Å². The molecule has 0 radical (unpaired) electrons.